The Morgan fingerprint density at radius 2 is 1.75 bits per heavy atom. The lowest BCUT2D eigenvalue weighted by atomic mass is 10.1. The van der Waals surface area contributed by atoms with Crippen LogP contribution in [-0.4, -0.2) is 19.9 Å². The highest BCUT2D eigenvalue weighted by molar-refractivity contribution is 5.85. The van der Waals surface area contributed by atoms with Crippen molar-refractivity contribution in [1.82, 2.24) is 19.9 Å². The number of nitrogen functional groups attached to an aromatic ring is 1. The molecule has 2 aromatic rings. The first kappa shape index (κ1) is 16.1. The Balaban J connectivity index is 0.00000200. The molecule has 0 fully saturated rings. The van der Waals surface area contributed by atoms with Crippen molar-refractivity contribution in [3.8, 4) is 11.3 Å². The Morgan fingerprint density at radius 3 is 2.25 bits per heavy atom. The first-order chi connectivity index (χ1) is 8.93. The van der Waals surface area contributed by atoms with Gasteiger partial charge >= 0.3 is 6.18 Å². The van der Waals surface area contributed by atoms with Gasteiger partial charge in [0.2, 0.25) is 5.82 Å². The summed E-state index contributed by atoms with van der Waals surface area (Å²) in [6.07, 6.45) is -0.189. The Hall–Kier alpha value is -1.96. The number of aromatic nitrogens is 4. The summed E-state index contributed by atoms with van der Waals surface area (Å²) in [6.45, 7) is 1.76. The summed E-state index contributed by atoms with van der Waals surface area (Å²) in [7, 11) is 0. The second-order valence-electron chi connectivity index (χ2n) is 3.74. The van der Waals surface area contributed by atoms with Crippen LogP contribution in [0.2, 0.25) is 0 Å². The molecule has 0 amide bonds. The van der Waals surface area contributed by atoms with Crippen LogP contribution in [0.3, 0.4) is 0 Å². The average Bonchev–Trinajstić information content (AvgIpc) is 2.37. The molecule has 0 unspecified atom stereocenters. The van der Waals surface area contributed by atoms with Gasteiger partial charge in [-0.3, -0.25) is 0 Å². The maximum Gasteiger partial charge on any atom is 0.451 e. The zero-order valence-electron chi connectivity index (χ0n) is 10.3. The largest absolute Gasteiger partial charge is 0.451 e. The molecule has 108 valence electrons. The molecule has 0 radical (unpaired) electrons. The second-order valence-corrected chi connectivity index (χ2v) is 3.74. The normalized spacial score (nSPS) is 11.0. The number of nitrogens with zero attached hydrogens (tertiary/aromatic N) is 4. The molecule has 2 aromatic heterocycles. The summed E-state index contributed by atoms with van der Waals surface area (Å²) >= 11 is 0. The van der Waals surface area contributed by atoms with E-state index in [1.165, 1.54) is 18.7 Å². The van der Waals surface area contributed by atoms with Gasteiger partial charge in [0.25, 0.3) is 0 Å². The van der Waals surface area contributed by atoms with E-state index in [1.54, 1.807) is 6.92 Å². The van der Waals surface area contributed by atoms with Crippen molar-refractivity contribution in [1.29, 1.82) is 0 Å². The summed E-state index contributed by atoms with van der Waals surface area (Å²) in [4.78, 5) is 14.4. The van der Waals surface area contributed by atoms with Crippen LogP contribution in [0, 0.1) is 0 Å². The molecule has 0 aliphatic heterocycles. The molecule has 0 aliphatic rings. The van der Waals surface area contributed by atoms with Crippen molar-refractivity contribution in [3.63, 3.8) is 0 Å². The van der Waals surface area contributed by atoms with Crippen LogP contribution in [0.1, 0.15) is 18.3 Å². The van der Waals surface area contributed by atoms with Crippen molar-refractivity contribution in [2.75, 3.05) is 5.73 Å². The van der Waals surface area contributed by atoms with Gasteiger partial charge in [0.1, 0.15) is 12.1 Å². The highest BCUT2D eigenvalue weighted by Crippen LogP contribution is 2.31. The molecule has 0 atom stereocenters. The summed E-state index contributed by atoms with van der Waals surface area (Å²) < 4.78 is 38.1. The number of halogens is 4. The van der Waals surface area contributed by atoms with Crippen molar-refractivity contribution in [2.24, 2.45) is 0 Å². The number of rotatable bonds is 2. The van der Waals surface area contributed by atoms with E-state index in [-0.39, 0.29) is 23.9 Å². The molecule has 0 saturated carbocycles. The minimum absolute atomic E-state index is 0. The third kappa shape index (κ3) is 3.13. The van der Waals surface area contributed by atoms with Crippen LogP contribution < -0.4 is 5.73 Å². The number of nitrogens with two attached hydrogens (primary N) is 1. The maximum absolute atomic E-state index is 12.7. The first-order valence-corrected chi connectivity index (χ1v) is 5.42. The number of anilines is 1. The van der Waals surface area contributed by atoms with E-state index in [0.29, 0.717) is 17.5 Å². The fraction of sp³-hybridized carbons (Fsp3) is 0.273. The molecule has 5 nitrogen and oxygen atoms in total. The molecule has 2 heterocycles. The van der Waals surface area contributed by atoms with E-state index in [2.05, 4.69) is 19.9 Å². The topological polar surface area (TPSA) is 77.6 Å². The monoisotopic (exact) mass is 305 g/mol. The van der Waals surface area contributed by atoms with Crippen LogP contribution in [0.25, 0.3) is 11.3 Å². The highest BCUT2D eigenvalue weighted by atomic mass is 35.5. The molecule has 0 aliphatic carbocycles. The van der Waals surface area contributed by atoms with Crippen molar-refractivity contribution in [2.45, 2.75) is 19.5 Å². The Labute approximate surface area is 118 Å². The van der Waals surface area contributed by atoms with Crippen molar-refractivity contribution >= 4 is 18.2 Å². The van der Waals surface area contributed by atoms with E-state index in [4.69, 9.17) is 5.73 Å². The van der Waals surface area contributed by atoms with Gasteiger partial charge in [-0.2, -0.15) is 13.2 Å². The van der Waals surface area contributed by atoms with E-state index in [9.17, 15) is 13.2 Å². The summed E-state index contributed by atoms with van der Waals surface area (Å²) in [5.74, 6) is -1.44. The minimum Gasteiger partial charge on any atom is -0.383 e. The van der Waals surface area contributed by atoms with Gasteiger partial charge in [0.15, 0.2) is 0 Å². The summed E-state index contributed by atoms with van der Waals surface area (Å²) in [5, 5.41) is 0. The molecule has 20 heavy (non-hydrogen) atoms. The van der Waals surface area contributed by atoms with Crippen LogP contribution in [0.4, 0.5) is 19.0 Å². The third-order valence-corrected chi connectivity index (χ3v) is 2.48. The van der Waals surface area contributed by atoms with Crippen molar-refractivity contribution in [3.05, 3.63) is 30.1 Å². The van der Waals surface area contributed by atoms with E-state index in [1.807, 2.05) is 0 Å². The van der Waals surface area contributed by atoms with Crippen LogP contribution in [-0.2, 0) is 12.6 Å². The van der Waals surface area contributed by atoms with Crippen LogP contribution in [0.15, 0.2) is 18.7 Å². The first-order valence-electron chi connectivity index (χ1n) is 5.42. The smallest absolute Gasteiger partial charge is 0.383 e. The number of hydrogen-bond acceptors (Lipinski definition) is 5. The molecule has 2 N–H and O–H groups in total. The van der Waals surface area contributed by atoms with Gasteiger partial charge < -0.3 is 5.73 Å². The predicted molar refractivity (Wildman–Crippen MR) is 69.1 cm³/mol. The second kappa shape index (κ2) is 6.00. The SMILES string of the molecule is CCc1c(N)nc(C(F)(F)F)nc1-c1cncnc1.Cl. The highest BCUT2D eigenvalue weighted by Gasteiger charge is 2.36. The maximum atomic E-state index is 12.7. The Kier molecular flexibility index (Phi) is 4.83. The molecule has 0 saturated heterocycles. The predicted octanol–water partition coefficient (Wildman–Crippen LogP) is 2.52. The van der Waals surface area contributed by atoms with Crippen molar-refractivity contribution < 1.29 is 13.2 Å². The van der Waals surface area contributed by atoms with E-state index in [0.717, 1.165) is 0 Å². The van der Waals surface area contributed by atoms with E-state index >= 15 is 0 Å². The Morgan fingerprint density at radius 1 is 1.15 bits per heavy atom. The zero-order chi connectivity index (χ0) is 14.0. The van der Waals surface area contributed by atoms with Gasteiger partial charge in [-0.1, -0.05) is 6.92 Å². The molecule has 9 heteroatoms. The number of hydrogen-bond donors (Lipinski definition) is 1. The van der Waals surface area contributed by atoms with Gasteiger partial charge in [0.05, 0.1) is 5.69 Å². The lowest BCUT2D eigenvalue weighted by molar-refractivity contribution is -0.144. The van der Waals surface area contributed by atoms with Gasteiger partial charge in [-0.05, 0) is 6.42 Å². The lowest BCUT2D eigenvalue weighted by Crippen LogP contribution is -2.15. The van der Waals surface area contributed by atoms with Crippen LogP contribution >= 0.6 is 12.4 Å². The summed E-state index contributed by atoms with van der Waals surface area (Å²) in [6, 6.07) is 0. The fourth-order valence-electron chi connectivity index (χ4n) is 1.64. The molecular formula is C11H11ClF3N5. The molecule has 0 bridgehead atoms. The molecule has 0 aromatic carbocycles. The fourth-order valence-corrected chi connectivity index (χ4v) is 1.64. The standard InChI is InChI=1S/C11H10F3N5.ClH/c1-2-7-8(6-3-16-5-17-4-6)18-10(11(12,13)14)19-9(7)15;/h3-5H,2H2,1H3,(H2,15,18,19);1H. The number of alkyl halides is 3. The lowest BCUT2D eigenvalue weighted by Gasteiger charge is -2.12. The van der Waals surface area contributed by atoms with E-state index < -0.39 is 12.0 Å². The van der Waals surface area contributed by atoms with Gasteiger partial charge in [-0.25, -0.2) is 19.9 Å². The third-order valence-electron chi connectivity index (χ3n) is 2.48. The van der Waals surface area contributed by atoms with Crippen LogP contribution in [0.5, 0.6) is 0 Å². The molecular weight excluding hydrogens is 295 g/mol. The zero-order valence-corrected chi connectivity index (χ0v) is 11.2. The average molecular weight is 306 g/mol. The minimum atomic E-state index is -4.65. The van der Waals surface area contributed by atoms with Gasteiger partial charge in [0, 0.05) is 23.5 Å². The molecule has 0 spiro atoms. The Bertz CT molecular complexity index is 589. The molecule has 2 rings (SSSR count). The quantitative estimate of drug-likeness (QED) is 0.922. The van der Waals surface area contributed by atoms with Gasteiger partial charge in [-0.15, -0.1) is 12.4 Å². The summed E-state index contributed by atoms with van der Waals surface area (Å²) in [5.41, 5.74) is 6.51.